The molecule has 4 rings (SSSR count). The van der Waals surface area contributed by atoms with Crippen molar-refractivity contribution in [3.8, 4) is 0 Å². The molecule has 1 aromatic carbocycles. The molecule has 3 nitrogen and oxygen atoms in total. The fraction of sp³-hybridized carbons (Fsp3) is 0.350. The summed E-state index contributed by atoms with van der Waals surface area (Å²) in [6.45, 7) is 6.08. The molecule has 1 atom stereocenters. The number of amides is 1. The number of fused-ring (bicyclic) bond motifs is 1. The number of nitrogens with zero attached hydrogens (tertiary/aromatic N) is 2. The average Bonchev–Trinajstić information content (AvgIpc) is 3.30. The lowest BCUT2D eigenvalue weighted by Gasteiger charge is -2.22. The minimum absolute atomic E-state index is 0.138. The van der Waals surface area contributed by atoms with Gasteiger partial charge in [-0.2, -0.15) is 0 Å². The van der Waals surface area contributed by atoms with E-state index < -0.39 is 0 Å². The van der Waals surface area contributed by atoms with Gasteiger partial charge in [0.25, 0.3) is 5.91 Å². The Balaban J connectivity index is 1.84. The van der Waals surface area contributed by atoms with Gasteiger partial charge in [0.15, 0.2) is 0 Å². The van der Waals surface area contributed by atoms with Crippen LogP contribution in [0.25, 0.3) is 10.2 Å². The zero-order valence-corrected chi connectivity index (χ0v) is 15.0. The highest BCUT2D eigenvalue weighted by Gasteiger charge is 2.26. The topological polar surface area (TPSA) is 25.2 Å². The first kappa shape index (κ1) is 15.5. The molecule has 0 radical (unpaired) electrons. The summed E-state index contributed by atoms with van der Waals surface area (Å²) in [7, 11) is 0. The Hall–Kier alpha value is -2.07. The lowest BCUT2D eigenvalue weighted by Crippen LogP contribution is -2.30. The fourth-order valence-corrected chi connectivity index (χ4v) is 4.63. The van der Waals surface area contributed by atoms with E-state index >= 15 is 0 Å². The Morgan fingerprint density at radius 1 is 1.12 bits per heavy atom. The summed E-state index contributed by atoms with van der Waals surface area (Å²) >= 11 is 1.77. The van der Waals surface area contributed by atoms with E-state index in [1.807, 2.05) is 11.0 Å². The molecule has 1 aliphatic heterocycles. The molecule has 0 saturated carbocycles. The van der Waals surface area contributed by atoms with Gasteiger partial charge < -0.3 is 9.47 Å². The van der Waals surface area contributed by atoms with Crippen molar-refractivity contribution in [1.82, 2.24) is 9.47 Å². The SMILES string of the molecule is Cc1cc2c(cc(C(=O)N3CCCC3)n2[C@H](C)c2ccccc2)s1. The monoisotopic (exact) mass is 338 g/mol. The molecule has 0 spiro atoms. The summed E-state index contributed by atoms with van der Waals surface area (Å²) in [5.41, 5.74) is 3.24. The molecule has 3 heterocycles. The molecule has 1 aliphatic rings. The Labute approximate surface area is 146 Å². The number of carbonyl (C=O) groups excluding carboxylic acids is 1. The van der Waals surface area contributed by atoms with Gasteiger partial charge in [0, 0.05) is 18.0 Å². The molecular weight excluding hydrogens is 316 g/mol. The highest BCUT2D eigenvalue weighted by atomic mass is 32.1. The lowest BCUT2D eigenvalue weighted by molar-refractivity contribution is 0.0781. The summed E-state index contributed by atoms with van der Waals surface area (Å²) in [5, 5.41) is 0. The summed E-state index contributed by atoms with van der Waals surface area (Å²) in [6.07, 6.45) is 2.24. The van der Waals surface area contributed by atoms with Gasteiger partial charge in [-0.15, -0.1) is 11.3 Å². The summed E-state index contributed by atoms with van der Waals surface area (Å²) in [5.74, 6) is 0.177. The van der Waals surface area contributed by atoms with Crippen molar-refractivity contribution < 1.29 is 4.79 Å². The third kappa shape index (κ3) is 2.55. The fourth-order valence-electron chi connectivity index (χ4n) is 3.68. The van der Waals surface area contributed by atoms with Crippen molar-refractivity contribution in [1.29, 1.82) is 0 Å². The zero-order valence-electron chi connectivity index (χ0n) is 14.2. The minimum atomic E-state index is 0.138. The number of aryl methyl sites for hydroxylation is 1. The van der Waals surface area contributed by atoms with Gasteiger partial charge >= 0.3 is 0 Å². The van der Waals surface area contributed by atoms with Crippen molar-refractivity contribution in [2.45, 2.75) is 32.7 Å². The molecule has 0 bridgehead atoms. The van der Waals surface area contributed by atoms with Crippen LogP contribution >= 0.6 is 11.3 Å². The van der Waals surface area contributed by atoms with Crippen LogP contribution in [0.1, 0.15) is 46.7 Å². The van der Waals surface area contributed by atoms with E-state index in [0.717, 1.165) is 31.6 Å². The van der Waals surface area contributed by atoms with Gasteiger partial charge in [0.05, 0.1) is 16.3 Å². The van der Waals surface area contributed by atoms with E-state index in [9.17, 15) is 4.79 Å². The first-order chi connectivity index (χ1) is 11.6. The normalized spacial score (nSPS) is 16.0. The highest BCUT2D eigenvalue weighted by molar-refractivity contribution is 7.19. The predicted molar refractivity (Wildman–Crippen MR) is 99.9 cm³/mol. The second kappa shape index (κ2) is 6.10. The Morgan fingerprint density at radius 2 is 1.83 bits per heavy atom. The maximum atomic E-state index is 13.1. The number of aromatic nitrogens is 1. The molecular formula is C20H22N2OS. The summed E-state index contributed by atoms with van der Waals surface area (Å²) in [6, 6.07) is 14.9. The van der Waals surface area contributed by atoms with Crippen LogP contribution in [0.5, 0.6) is 0 Å². The Bertz CT molecular complexity index is 872. The van der Waals surface area contributed by atoms with Gasteiger partial charge in [0.2, 0.25) is 0 Å². The smallest absolute Gasteiger partial charge is 0.270 e. The molecule has 0 aliphatic carbocycles. The van der Waals surface area contributed by atoms with Crippen molar-refractivity contribution in [3.63, 3.8) is 0 Å². The maximum Gasteiger partial charge on any atom is 0.270 e. The van der Waals surface area contributed by atoms with E-state index in [0.29, 0.717) is 0 Å². The van der Waals surface area contributed by atoms with E-state index in [-0.39, 0.29) is 11.9 Å². The van der Waals surface area contributed by atoms with E-state index in [1.54, 1.807) is 11.3 Å². The Morgan fingerprint density at radius 3 is 2.54 bits per heavy atom. The number of hydrogen-bond acceptors (Lipinski definition) is 2. The number of likely N-dealkylation sites (tertiary alicyclic amines) is 1. The van der Waals surface area contributed by atoms with Crippen LogP contribution in [0.3, 0.4) is 0 Å². The second-order valence-electron chi connectivity index (χ2n) is 6.59. The number of thiophene rings is 1. The minimum Gasteiger partial charge on any atom is -0.337 e. The van der Waals surface area contributed by atoms with Crippen molar-refractivity contribution >= 4 is 27.5 Å². The quantitative estimate of drug-likeness (QED) is 0.670. The summed E-state index contributed by atoms with van der Waals surface area (Å²) < 4.78 is 3.44. The zero-order chi connectivity index (χ0) is 16.7. The molecule has 24 heavy (non-hydrogen) atoms. The van der Waals surface area contributed by atoms with Gasteiger partial charge in [-0.25, -0.2) is 0 Å². The van der Waals surface area contributed by atoms with Crippen LogP contribution in [0, 0.1) is 6.92 Å². The van der Waals surface area contributed by atoms with E-state index in [2.05, 4.69) is 54.8 Å². The van der Waals surface area contributed by atoms with E-state index in [1.165, 1.54) is 20.7 Å². The van der Waals surface area contributed by atoms with Gasteiger partial charge in [-0.05, 0) is 44.4 Å². The van der Waals surface area contributed by atoms with Crippen molar-refractivity contribution in [2.24, 2.45) is 0 Å². The molecule has 0 unspecified atom stereocenters. The lowest BCUT2D eigenvalue weighted by atomic mass is 10.1. The second-order valence-corrected chi connectivity index (χ2v) is 7.88. The van der Waals surface area contributed by atoms with Crippen molar-refractivity contribution in [2.75, 3.05) is 13.1 Å². The Kier molecular flexibility index (Phi) is 3.93. The molecule has 1 fully saturated rings. The van der Waals surface area contributed by atoms with Gasteiger partial charge in [-0.1, -0.05) is 30.3 Å². The molecule has 3 aromatic rings. The maximum absolute atomic E-state index is 13.1. The average molecular weight is 338 g/mol. The first-order valence-electron chi connectivity index (χ1n) is 8.61. The van der Waals surface area contributed by atoms with Crippen molar-refractivity contribution in [3.05, 3.63) is 58.6 Å². The predicted octanol–water partition coefficient (Wildman–Crippen LogP) is 4.86. The largest absolute Gasteiger partial charge is 0.337 e. The van der Waals surface area contributed by atoms with Gasteiger partial charge in [0.1, 0.15) is 5.69 Å². The highest BCUT2D eigenvalue weighted by Crippen LogP contribution is 2.34. The van der Waals surface area contributed by atoms with E-state index in [4.69, 9.17) is 0 Å². The number of hydrogen-bond donors (Lipinski definition) is 0. The van der Waals surface area contributed by atoms with Crippen LogP contribution in [0.2, 0.25) is 0 Å². The third-order valence-electron chi connectivity index (χ3n) is 4.93. The molecule has 124 valence electrons. The van der Waals surface area contributed by atoms with Crippen LogP contribution in [-0.2, 0) is 0 Å². The number of carbonyl (C=O) groups is 1. The van der Waals surface area contributed by atoms with Crippen LogP contribution < -0.4 is 0 Å². The van der Waals surface area contributed by atoms with Crippen LogP contribution in [-0.4, -0.2) is 28.5 Å². The molecule has 4 heteroatoms. The molecule has 1 saturated heterocycles. The van der Waals surface area contributed by atoms with Crippen LogP contribution in [0.15, 0.2) is 42.5 Å². The molecule has 1 amide bonds. The number of rotatable bonds is 3. The first-order valence-corrected chi connectivity index (χ1v) is 9.42. The standard InChI is InChI=1S/C20H22N2OS/c1-14-12-17-19(24-14)13-18(20(23)21-10-6-7-11-21)22(17)15(2)16-8-4-3-5-9-16/h3-5,8-9,12-13,15H,6-7,10-11H2,1-2H3/t15-/m1/s1. The number of benzene rings is 1. The van der Waals surface area contributed by atoms with Crippen LogP contribution in [0.4, 0.5) is 0 Å². The summed E-state index contributed by atoms with van der Waals surface area (Å²) in [4.78, 5) is 16.4. The molecule has 0 N–H and O–H groups in total. The third-order valence-corrected chi connectivity index (χ3v) is 5.92. The van der Waals surface area contributed by atoms with Gasteiger partial charge in [-0.3, -0.25) is 4.79 Å². The molecule has 2 aromatic heterocycles.